The van der Waals surface area contributed by atoms with E-state index in [1.54, 1.807) is 11.8 Å². The number of nitrogen functional groups attached to an aromatic ring is 1. The van der Waals surface area contributed by atoms with E-state index >= 15 is 0 Å². The molecule has 3 heteroatoms. The fraction of sp³-hybridized carbons (Fsp3) is 0.143. The van der Waals surface area contributed by atoms with Crippen molar-refractivity contribution in [3.8, 4) is 11.5 Å². The average Bonchev–Trinajstić information content (AvgIpc) is 2.35. The second-order valence-electron chi connectivity index (χ2n) is 3.80. The minimum Gasteiger partial charge on any atom is -0.457 e. The minimum atomic E-state index is 0.787. The Kier molecular flexibility index (Phi) is 3.59. The molecule has 2 N–H and O–H groups in total. The minimum absolute atomic E-state index is 0.787. The summed E-state index contributed by atoms with van der Waals surface area (Å²) in [6.45, 7) is 1.97. The molecule has 0 aliphatic heterocycles. The van der Waals surface area contributed by atoms with Gasteiger partial charge in [-0.25, -0.2) is 0 Å². The first-order valence-corrected chi connectivity index (χ1v) is 6.59. The van der Waals surface area contributed by atoms with Crippen LogP contribution in [0.2, 0.25) is 0 Å². The zero-order chi connectivity index (χ0) is 12.3. The predicted octanol–water partition coefficient (Wildman–Crippen LogP) is 4.09. The van der Waals surface area contributed by atoms with Gasteiger partial charge in [0.05, 0.1) is 0 Å². The summed E-state index contributed by atoms with van der Waals surface area (Å²) in [6, 6.07) is 13.7. The van der Waals surface area contributed by atoms with Gasteiger partial charge < -0.3 is 10.5 Å². The van der Waals surface area contributed by atoms with E-state index in [4.69, 9.17) is 10.5 Å². The molecule has 2 aromatic rings. The van der Waals surface area contributed by atoms with Gasteiger partial charge in [-0.2, -0.15) is 0 Å². The summed E-state index contributed by atoms with van der Waals surface area (Å²) in [4.78, 5) is 1.23. The van der Waals surface area contributed by atoms with E-state index in [0.29, 0.717) is 0 Å². The molecular weight excluding hydrogens is 230 g/mol. The number of thioether (sulfide) groups is 1. The molecule has 0 heterocycles. The van der Waals surface area contributed by atoms with Crippen molar-refractivity contribution in [3.63, 3.8) is 0 Å². The van der Waals surface area contributed by atoms with Crippen molar-refractivity contribution in [1.82, 2.24) is 0 Å². The van der Waals surface area contributed by atoms with Crippen LogP contribution in [-0.2, 0) is 0 Å². The third-order valence-corrected chi connectivity index (χ3v) is 3.28. The van der Waals surface area contributed by atoms with Crippen LogP contribution in [0.1, 0.15) is 5.56 Å². The molecule has 0 fully saturated rings. The van der Waals surface area contributed by atoms with Gasteiger partial charge in [-0.05, 0) is 61.2 Å². The van der Waals surface area contributed by atoms with Crippen LogP contribution in [0.4, 0.5) is 5.69 Å². The van der Waals surface area contributed by atoms with Gasteiger partial charge in [0.2, 0.25) is 0 Å². The molecule has 0 atom stereocenters. The van der Waals surface area contributed by atoms with Crippen LogP contribution in [0.5, 0.6) is 11.5 Å². The number of hydrogen-bond donors (Lipinski definition) is 1. The van der Waals surface area contributed by atoms with Crippen LogP contribution in [0.3, 0.4) is 0 Å². The van der Waals surface area contributed by atoms with Gasteiger partial charge in [-0.15, -0.1) is 11.8 Å². The molecular formula is C14H15NOS. The monoisotopic (exact) mass is 245 g/mol. The maximum atomic E-state index is 5.76. The summed E-state index contributed by atoms with van der Waals surface area (Å²) in [5, 5.41) is 0. The van der Waals surface area contributed by atoms with Gasteiger partial charge in [0, 0.05) is 10.6 Å². The van der Waals surface area contributed by atoms with E-state index in [1.807, 2.05) is 49.4 Å². The quantitative estimate of drug-likeness (QED) is 0.653. The molecule has 88 valence electrons. The van der Waals surface area contributed by atoms with Crippen molar-refractivity contribution in [3.05, 3.63) is 48.0 Å². The fourth-order valence-corrected chi connectivity index (χ4v) is 1.90. The van der Waals surface area contributed by atoms with E-state index in [2.05, 4.69) is 6.26 Å². The Morgan fingerprint density at radius 1 is 1.00 bits per heavy atom. The topological polar surface area (TPSA) is 35.2 Å². The summed E-state index contributed by atoms with van der Waals surface area (Å²) >= 11 is 1.72. The van der Waals surface area contributed by atoms with Crippen LogP contribution < -0.4 is 10.5 Å². The standard InChI is InChI=1S/C14H15NOS/c1-10-9-12(5-8-14(10)15)16-11-3-6-13(17-2)7-4-11/h3-9H,15H2,1-2H3. The maximum Gasteiger partial charge on any atom is 0.127 e. The molecule has 0 saturated carbocycles. The molecule has 0 aliphatic carbocycles. The Bertz CT molecular complexity index is 508. The molecule has 17 heavy (non-hydrogen) atoms. The highest BCUT2D eigenvalue weighted by Gasteiger charge is 2.00. The predicted molar refractivity (Wildman–Crippen MR) is 73.9 cm³/mol. The van der Waals surface area contributed by atoms with Gasteiger partial charge >= 0.3 is 0 Å². The second-order valence-corrected chi connectivity index (χ2v) is 4.68. The summed E-state index contributed by atoms with van der Waals surface area (Å²) in [7, 11) is 0. The number of nitrogens with two attached hydrogens (primary N) is 1. The lowest BCUT2D eigenvalue weighted by molar-refractivity contribution is 0.482. The summed E-state index contributed by atoms with van der Waals surface area (Å²) in [5.74, 6) is 1.65. The number of anilines is 1. The van der Waals surface area contributed by atoms with Crippen LogP contribution in [0.25, 0.3) is 0 Å². The molecule has 2 aromatic carbocycles. The molecule has 0 bridgehead atoms. The van der Waals surface area contributed by atoms with E-state index in [-0.39, 0.29) is 0 Å². The Labute approximate surface area is 106 Å². The number of benzene rings is 2. The molecule has 0 unspecified atom stereocenters. The third kappa shape index (κ3) is 2.94. The molecule has 0 radical (unpaired) electrons. The Hall–Kier alpha value is -1.61. The zero-order valence-electron chi connectivity index (χ0n) is 9.94. The molecule has 0 amide bonds. The van der Waals surface area contributed by atoms with Crippen molar-refractivity contribution in [2.24, 2.45) is 0 Å². The Balaban J connectivity index is 2.16. The summed E-state index contributed by atoms with van der Waals surface area (Å²) < 4.78 is 5.75. The fourth-order valence-electron chi connectivity index (χ4n) is 1.49. The first-order valence-electron chi connectivity index (χ1n) is 5.37. The van der Waals surface area contributed by atoms with E-state index in [1.165, 1.54) is 4.90 Å². The van der Waals surface area contributed by atoms with E-state index in [9.17, 15) is 0 Å². The number of ether oxygens (including phenoxy) is 1. The highest BCUT2D eigenvalue weighted by atomic mass is 32.2. The van der Waals surface area contributed by atoms with Crippen molar-refractivity contribution in [2.75, 3.05) is 12.0 Å². The lowest BCUT2D eigenvalue weighted by Gasteiger charge is -2.08. The number of hydrogen-bond acceptors (Lipinski definition) is 3. The first-order chi connectivity index (χ1) is 8.19. The molecule has 0 spiro atoms. The lowest BCUT2D eigenvalue weighted by atomic mass is 10.2. The molecule has 0 aromatic heterocycles. The van der Waals surface area contributed by atoms with Gasteiger partial charge in [-0.3, -0.25) is 0 Å². The van der Waals surface area contributed by atoms with Crippen LogP contribution in [-0.4, -0.2) is 6.26 Å². The van der Waals surface area contributed by atoms with Crippen molar-refractivity contribution in [1.29, 1.82) is 0 Å². The Morgan fingerprint density at radius 3 is 2.24 bits per heavy atom. The lowest BCUT2D eigenvalue weighted by Crippen LogP contribution is -1.90. The molecule has 2 rings (SSSR count). The highest BCUT2D eigenvalue weighted by molar-refractivity contribution is 7.98. The van der Waals surface area contributed by atoms with Crippen LogP contribution in [0.15, 0.2) is 47.4 Å². The second kappa shape index (κ2) is 5.15. The Morgan fingerprint density at radius 2 is 1.65 bits per heavy atom. The van der Waals surface area contributed by atoms with Crippen molar-refractivity contribution >= 4 is 17.4 Å². The highest BCUT2D eigenvalue weighted by Crippen LogP contribution is 2.26. The van der Waals surface area contributed by atoms with Gasteiger partial charge in [-0.1, -0.05) is 0 Å². The normalized spacial score (nSPS) is 10.2. The SMILES string of the molecule is CSc1ccc(Oc2ccc(N)c(C)c2)cc1. The average molecular weight is 245 g/mol. The van der Waals surface area contributed by atoms with Gasteiger partial charge in [0.15, 0.2) is 0 Å². The maximum absolute atomic E-state index is 5.76. The molecule has 0 aliphatic rings. The zero-order valence-corrected chi connectivity index (χ0v) is 10.8. The van der Waals surface area contributed by atoms with Crippen LogP contribution >= 0.6 is 11.8 Å². The smallest absolute Gasteiger partial charge is 0.127 e. The number of rotatable bonds is 3. The summed E-state index contributed by atoms with van der Waals surface area (Å²) in [5.41, 5.74) is 7.58. The molecule has 0 saturated heterocycles. The van der Waals surface area contributed by atoms with E-state index < -0.39 is 0 Å². The summed E-state index contributed by atoms with van der Waals surface area (Å²) in [6.07, 6.45) is 2.05. The first kappa shape index (κ1) is 11.9. The largest absolute Gasteiger partial charge is 0.457 e. The van der Waals surface area contributed by atoms with Crippen molar-refractivity contribution in [2.45, 2.75) is 11.8 Å². The van der Waals surface area contributed by atoms with Gasteiger partial charge in [0.25, 0.3) is 0 Å². The van der Waals surface area contributed by atoms with Gasteiger partial charge in [0.1, 0.15) is 11.5 Å². The van der Waals surface area contributed by atoms with E-state index in [0.717, 1.165) is 22.7 Å². The third-order valence-electron chi connectivity index (χ3n) is 2.54. The van der Waals surface area contributed by atoms with Crippen LogP contribution in [0, 0.1) is 6.92 Å². The van der Waals surface area contributed by atoms with Crippen molar-refractivity contribution < 1.29 is 4.74 Å². The molecule has 2 nitrogen and oxygen atoms in total. The number of aryl methyl sites for hydroxylation is 1.